The van der Waals surface area contributed by atoms with Crippen LogP contribution < -0.4 is 21.9 Å². The molecule has 5 N–H and O–H groups in total. The molecule has 11 nitrogen and oxygen atoms in total. The van der Waals surface area contributed by atoms with Crippen LogP contribution >= 0.6 is 0 Å². The van der Waals surface area contributed by atoms with Gasteiger partial charge in [-0.2, -0.15) is 4.68 Å². The van der Waals surface area contributed by atoms with E-state index in [0.29, 0.717) is 22.6 Å². The van der Waals surface area contributed by atoms with Gasteiger partial charge in [0.2, 0.25) is 15.7 Å². The lowest BCUT2D eigenvalue weighted by atomic mass is 10.1. The number of aromatic nitrogens is 4. The van der Waals surface area contributed by atoms with Crippen molar-refractivity contribution in [3.8, 4) is 16.9 Å². The van der Waals surface area contributed by atoms with E-state index in [-0.39, 0.29) is 21.9 Å². The molecular formula is C24H19N7O4S. The lowest BCUT2D eigenvalue weighted by Gasteiger charge is -2.08. The number of nitrogens with two attached hydrogens (primary N) is 2. The van der Waals surface area contributed by atoms with Crippen LogP contribution in [-0.2, 0) is 10.0 Å². The van der Waals surface area contributed by atoms with Crippen LogP contribution in [0, 0.1) is 0 Å². The van der Waals surface area contributed by atoms with Crippen molar-refractivity contribution in [1.82, 2.24) is 19.2 Å². The summed E-state index contributed by atoms with van der Waals surface area (Å²) >= 11 is 0. The maximum atomic E-state index is 12.9. The Morgan fingerprint density at radius 1 is 0.944 bits per heavy atom. The largest absolute Gasteiger partial charge is 0.381 e. The fourth-order valence-electron chi connectivity index (χ4n) is 3.62. The first-order chi connectivity index (χ1) is 17.2. The number of carbonyl (C=O) groups is 1. The SMILES string of the molecule is Nc1nc(-c2ccc(NC(=O)c3cccc(S(N)(=O)=O)c3)cc2)cn2c(=O)n(-c3ccccc3)nc12. The summed E-state index contributed by atoms with van der Waals surface area (Å²) in [5.41, 5.74) is 8.24. The van der Waals surface area contributed by atoms with Crippen molar-refractivity contribution in [2.75, 3.05) is 11.1 Å². The monoisotopic (exact) mass is 501 g/mol. The minimum Gasteiger partial charge on any atom is -0.381 e. The molecule has 0 aliphatic heterocycles. The Balaban J connectivity index is 1.42. The Bertz CT molecular complexity index is 1780. The zero-order chi connectivity index (χ0) is 25.4. The van der Waals surface area contributed by atoms with Gasteiger partial charge in [-0.3, -0.25) is 4.79 Å². The second kappa shape index (κ2) is 8.76. The number of nitrogen functional groups attached to an aromatic ring is 1. The van der Waals surface area contributed by atoms with Crippen molar-refractivity contribution in [3.05, 3.63) is 101 Å². The van der Waals surface area contributed by atoms with Crippen LogP contribution in [0.4, 0.5) is 11.5 Å². The molecule has 0 saturated carbocycles. The number of para-hydroxylation sites is 1. The summed E-state index contributed by atoms with van der Waals surface area (Å²) in [7, 11) is -3.93. The van der Waals surface area contributed by atoms with E-state index in [2.05, 4.69) is 15.4 Å². The molecule has 0 aliphatic rings. The maximum Gasteiger partial charge on any atom is 0.355 e. The highest BCUT2D eigenvalue weighted by molar-refractivity contribution is 7.89. The fraction of sp³-hybridized carbons (Fsp3) is 0. The average Bonchev–Trinajstić information content (AvgIpc) is 3.21. The average molecular weight is 502 g/mol. The van der Waals surface area contributed by atoms with Crippen molar-refractivity contribution in [2.24, 2.45) is 5.14 Å². The second-order valence-electron chi connectivity index (χ2n) is 7.84. The molecule has 36 heavy (non-hydrogen) atoms. The Labute approximate surface area is 204 Å². The number of anilines is 2. The Morgan fingerprint density at radius 2 is 1.67 bits per heavy atom. The van der Waals surface area contributed by atoms with Gasteiger partial charge in [-0.1, -0.05) is 36.4 Å². The summed E-state index contributed by atoms with van der Waals surface area (Å²) < 4.78 is 25.7. The molecule has 0 saturated heterocycles. The summed E-state index contributed by atoms with van der Waals surface area (Å²) in [6, 6.07) is 21.1. The predicted octanol–water partition coefficient (Wildman–Crippen LogP) is 2.03. The number of rotatable bonds is 5. The van der Waals surface area contributed by atoms with Crippen LogP contribution in [0.3, 0.4) is 0 Å². The third-order valence-corrected chi connectivity index (χ3v) is 6.31. The molecule has 1 amide bonds. The maximum absolute atomic E-state index is 12.9. The molecule has 0 unspecified atom stereocenters. The van der Waals surface area contributed by atoms with E-state index in [0.717, 1.165) is 0 Å². The van der Waals surface area contributed by atoms with Crippen molar-refractivity contribution < 1.29 is 13.2 Å². The minimum absolute atomic E-state index is 0.0893. The molecular weight excluding hydrogens is 482 g/mol. The minimum atomic E-state index is -3.93. The molecule has 5 rings (SSSR count). The standard InChI is InChI=1S/C24H19N7O4S/c25-21-22-29-31(18-6-2-1-3-7-18)24(33)30(22)14-20(28-21)15-9-11-17(12-10-15)27-23(32)16-5-4-8-19(13-16)36(26,34)35/h1-14H,(H2,25,28)(H,27,32)(H2,26,34,35). The van der Waals surface area contributed by atoms with E-state index in [9.17, 15) is 18.0 Å². The molecule has 0 radical (unpaired) electrons. The first-order valence-electron chi connectivity index (χ1n) is 10.6. The van der Waals surface area contributed by atoms with Crippen LogP contribution in [-0.4, -0.2) is 33.5 Å². The summed E-state index contributed by atoms with van der Waals surface area (Å²) in [5.74, 6) is -0.414. The number of sulfonamides is 1. The number of benzene rings is 3. The molecule has 0 aliphatic carbocycles. The van der Waals surface area contributed by atoms with Crippen LogP contribution in [0.1, 0.15) is 10.4 Å². The molecule has 0 atom stereocenters. The van der Waals surface area contributed by atoms with E-state index in [1.54, 1.807) is 54.7 Å². The molecule has 0 bridgehead atoms. The molecule has 12 heteroatoms. The van der Waals surface area contributed by atoms with Gasteiger partial charge in [0.1, 0.15) is 0 Å². The number of nitrogens with one attached hydrogen (secondary N) is 1. The Morgan fingerprint density at radius 3 is 2.36 bits per heavy atom. The number of carbonyl (C=O) groups excluding carboxylic acids is 1. The smallest absolute Gasteiger partial charge is 0.355 e. The van der Waals surface area contributed by atoms with E-state index >= 15 is 0 Å². The van der Waals surface area contributed by atoms with Gasteiger partial charge >= 0.3 is 5.69 Å². The Kier molecular flexibility index (Phi) is 5.59. The van der Waals surface area contributed by atoms with Crippen LogP contribution in [0.15, 0.2) is 94.7 Å². The summed E-state index contributed by atoms with van der Waals surface area (Å²) in [6.07, 6.45) is 1.55. The molecule has 180 valence electrons. The molecule has 5 aromatic rings. The van der Waals surface area contributed by atoms with Gasteiger partial charge in [-0.15, -0.1) is 5.10 Å². The highest BCUT2D eigenvalue weighted by atomic mass is 32.2. The number of primary sulfonamides is 1. The van der Waals surface area contributed by atoms with E-state index in [4.69, 9.17) is 10.9 Å². The van der Waals surface area contributed by atoms with Crippen LogP contribution in [0.5, 0.6) is 0 Å². The molecule has 3 aromatic carbocycles. The fourth-order valence-corrected chi connectivity index (χ4v) is 4.18. The molecule has 0 fully saturated rings. The number of amides is 1. The van der Waals surface area contributed by atoms with Gasteiger partial charge in [-0.25, -0.2) is 27.7 Å². The van der Waals surface area contributed by atoms with Crippen molar-refractivity contribution in [3.63, 3.8) is 0 Å². The lowest BCUT2D eigenvalue weighted by Crippen LogP contribution is -2.19. The van der Waals surface area contributed by atoms with Gasteiger partial charge in [0.15, 0.2) is 5.82 Å². The molecule has 0 spiro atoms. The quantitative estimate of drug-likeness (QED) is 0.331. The zero-order valence-electron chi connectivity index (χ0n) is 18.6. The third-order valence-electron chi connectivity index (χ3n) is 5.40. The first-order valence-corrected chi connectivity index (χ1v) is 12.1. The topological polar surface area (TPSA) is 167 Å². The summed E-state index contributed by atoms with van der Waals surface area (Å²) in [5, 5.41) is 12.1. The number of hydrogen-bond acceptors (Lipinski definition) is 7. The van der Waals surface area contributed by atoms with Crippen molar-refractivity contribution >= 4 is 33.1 Å². The highest BCUT2D eigenvalue weighted by Gasteiger charge is 2.15. The number of fused-ring (bicyclic) bond motifs is 1. The van der Waals surface area contributed by atoms with Crippen LogP contribution in [0.25, 0.3) is 22.6 Å². The predicted molar refractivity (Wildman–Crippen MR) is 134 cm³/mol. The van der Waals surface area contributed by atoms with Gasteiger partial charge < -0.3 is 11.1 Å². The lowest BCUT2D eigenvalue weighted by molar-refractivity contribution is 0.102. The van der Waals surface area contributed by atoms with E-state index in [1.807, 2.05) is 6.07 Å². The first kappa shape index (κ1) is 23.0. The van der Waals surface area contributed by atoms with Gasteiger partial charge in [0.25, 0.3) is 5.91 Å². The van der Waals surface area contributed by atoms with Crippen LogP contribution in [0.2, 0.25) is 0 Å². The van der Waals surface area contributed by atoms with Gasteiger partial charge in [0, 0.05) is 23.0 Å². The van der Waals surface area contributed by atoms with Crippen molar-refractivity contribution in [2.45, 2.75) is 4.90 Å². The zero-order valence-corrected chi connectivity index (χ0v) is 19.4. The van der Waals surface area contributed by atoms with Gasteiger partial charge in [0.05, 0.1) is 16.3 Å². The third kappa shape index (κ3) is 4.33. The molecule has 2 aromatic heterocycles. The van der Waals surface area contributed by atoms with Gasteiger partial charge in [-0.05, 0) is 42.5 Å². The molecule has 2 heterocycles. The Hall–Kier alpha value is -4.81. The summed E-state index contributed by atoms with van der Waals surface area (Å²) in [4.78, 5) is 29.7. The highest BCUT2D eigenvalue weighted by Crippen LogP contribution is 2.22. The number of hydrogen-bond donors (Lipinski definition) is 3. The van der Waals surface area contributed by atoms with E-state index in [1.165, 1.54) is 33.3 Å². The summed E-state index contributed by atoms with van der Waals surface area (Å²) in [6.45, 7) is 0. The normalized spacial score (nSPS) is 11.5. The van der Waals surface area contributed by atoms with E-state index < -0.39 is 21.6 Å². The number of nitrogens with zero attached hydrogens (tertiary/aromatic N) is 4. The van der Waals surface area contributed by atoms with Crippen molar-refractivity contribution in [1.29, 1.82) is 0 Å². The second-order valence-corrected chi connectivity index (χ2v) is 9.40.